The van der Waals surface area contributed by atoms with Gasteiger partial charge in [-0.3, -0.25) is 4.57 Å². The maximum absolute atomic E-state index is 13.4. The number of imidazole rings is 1. The van der Waals surface area contributed by atoms with Gasteiger partial charge in [-0.25, -0.2) is 9.37 Å². The third-order valence-corrected chi connectivity index (χ3v) is 3.29. The molecule has 3 nitrogen and oxygen atoms in total. The van der Waals surface area contributed by atoms with Crippen LogP contribution < -0.4 is 5.73 Å². The van der Waals surface area contributed by atoms with Gasteiger partial charge in [-0.15, -0.1) is 0 Å². The van der Waals surface area contributed by atoms with Crippen LogP contribution in [0.15, 0.2) is 36.4 Å². The highest BCUT2D eigenvalue weighted by molar-refractivity contribution is 6.35. The number of nitrogen functional groups attached to an aromatic ring is 1. The lowest BCUT2D eigenvalue weighted by Crippen LogP contribution is -2.01. The predicted molar refractivity (Wildman–Crippen MR) is 75.5 cm³/mol. The lowest BCUT2D eigenvalue weighted by Gasteiger charge is -2.07. The monoisotopic (exact) mass is 295 g/mol. The van der Waals surface area contributed by atoms with Gasteiger partial charge in [0.15, 0.2) is 0 Å². The fraction of sp³-hybridized carbons (Fsp3) is 0. The SMILES string of the molecule is Nc1nc2c(Cl)cccc2n1-c1cc(F)cc(Cl)c1. The van der Waals surface area contributed by atoms with Gasteiger partial charge < -0.3 is 5.73 Å². The summed E-state index contributed by atoms with van der Waals surface area (Å²) < 4.78 is 15.1. The van der Waals surface area contributed by atoms with Crippen molar-refractivity contribution in [2.45, 2.75) is 0 Å². The Hall–Kier alpha value is -1.78. The Morgan fingerprint density at radius 1 is 1.16 bits per heavy atom. The summed E-state index contributed by atoms with van der Waals surface area (Å²) in [7, 11) is 0. The topological polar surface area (TPSA) is 43.8 Å². The molecule has 2 N–H and O–H groups in total. The van der Waals surface area contributed by atoms with Gasteiger partial charge in [-0.1, -0.05) is 29.3 Å². The Kier molecular flexibility index (Phi) is 2.84. The van der Waals surface area contributed by atoms with Crippen LogP contribution in [0.1, 0.15) is 0 Å². The van der Waals surface area contributed by atoms with E-state index in [-0.39, 0.29) is 5.95 Å². The number of benzene rings is 2. The number of hydrogen-bond acceptors (Lipinski definition) is 2. The molecule has 0 atom stereocenters. The molecule has 0 radical (unpaired) electrons. The van der Waals surface area contributed by atoms with Crippen LogP contribution >= 0.6 is 23.2 Å². The lowest BCUT2D eigenvalue weighted by molar-refractivity contribution is 0.627. The summed E-state index contributed by atoms with van der Waals surface area (Å²) in [6.07, 6.45) is 0. The molecule has 0 unspecified atom stereocenters. The molecule has 19 heavy (non-hydrogen) atoms. The minimum atomic E-state index is -0.439. The van der Waals surface area contributed by atoms with Gasteiger partial charge in [0.05, 0.1) is 16.2 Å². The molecule has 0 aliphatic heterocycles. The van der Waals surface area contributed by atoms with E-state index in [0.29, 0.717) is 26.8 Å². The maximum atomic E-state index is 13.4. The molecule has 6 heteroatoms. The van der Waals surface area contributed by atoms with Crippen molar-refractivity contribution in [2.24, 2.45) is 0 Å². The van der Waals surface area contributed by atoms with Crippen LogP contribution in [0.2, 0.25) is 10.0 Å². The van der Waals surface area contributed by atoms with Crippen molar-refractivity contribution < 1.29 is 4.39 Å². The first-order chi connectivity index (χ1) is 9.06. The lowest BCUT2D eigenvalue weighted by atomic mass is 10.2. The molecule has 1 aromatic heterocycles. The number of anilines is 1. The zero-order valence-electron chi connectivity index (χ0n) is 9.57. The third kappa shape index (κ3) is 2.03. The Balaban J connectivity index is 2.36. The normalized spacial score (nSPS) is 11.1. The van der Waals surface area contributed by atoms with Gasteiger partial charge in [0.25, 0.3) is 0 Å². The van der Waals surface area contributed by atoms with Crippen molar-refractivity contribution in [3.8, 4) is 5.69 Å². The molecule has 3 aromatic rings. The summed E-state index contributed by atoms with van der Waals surface area (Å²) in [5, 5.41) is 0.781. The second-order valence-electron chi connectivity index (χ2n) is 4.04. The molecule has 0 saturated heterocycles. The average Bonchev–Trinajstić information content (AvgIpc) is 2.65. The number of rotatable bonds is 1. The molecule has 0 spiro atoms. The van der Waals surface area contributed by atoms with Crippen LogP contribution in [0.4, 0.5) is 10.3 Å². The van der Waals surface area contributed by atoms with Crippen molar-refractivity contribution in [3.05, 3.63) is 52.3 Å². The first-order valence-corrected chi connectivity index (χ1v) is 6.21. The maximum Gasteiger partial charge on any atom is 0.205 e. The summed E-state index contributed by atoms with van der Waals surface area (Å²) in [5.74, 6) is -0.212. The second-order valence-corrected chi connectivity index (χ2v) is 4.88. The van der Waals surface area contributed by atoms with Crippen LogP contribution in [0.25, 0.3) is 16.7 Å². The third-order valence-electron chi connectivity index (χ3n) is 2.77. The molecule has 0 aliphatic carbocycles. The highest BCUT2D eigenvalue weighted by Gasteiger charge is 2.13. The molecule has 96 valence electrons. The fourth-order valence-electron chi connectivity index (χ4n) is 2.02. The second kappa shape index (κ2) is 4.40. The van der Waals surface area contributed by atoms with E-state index in [9.17, 15) is 4.39 Å². The summed E-state index contributed by atoms with van der Waals surface area (Å²) in [6, 6.07) is 9.49. The van der Waals surface area contributed by atoms with Gasteiger partial charge in [-0.2, -0.15) is 0 Å². The highest BCUT2D eigenvalue weighted by Crippen LogP contribution is 2.29. The van der Waals surface area contributed by atoms with Gasteiger partial charge in [0, 0.05) is 5.02 Å². The zero-order chi connectivity index (χ0) is 13.6. The smallest absolute Gasteiger partial charge is 0.205 e. The van der Waals surface area contributed by atoms with Crippen LogP contribution in [-0.4, -0.2) is 9.55 Å². The van der Waals surface area contributed by atoms with E-state index < -0.39 is 5.82 Å². The quantitative estimate of drug-likeness (QED) is 0.736. The van der Waals surface area contributed by atoms with Crippen molar-refractivity contribution in [1.29, 1.82) is 0 Å². The molecule has 0 saturated carbocycles. The fourth-order valence-corrected chi connectivity index (χ4v) is 2.45. The van der Waals surface area contributed by atoms with Gasteiger partial charge in [0.1, 0.15) is 11.3 Å². The van der Waals surface area contributed by atoms with Crippen molar-refractivity contribution in [3.63, 3.8) is 0 Å². The van der Waals surface area contributed by atoms with Gasteiger partial charge in [0.2, 0.25) is 5.95 Å². The first kappa shape index (κ1) is 12.3. The van der Waals surface area contributed by atoms with Gasteiger partial charge in [-0.05, 0) is 30.3 Å². The molecule has 0 bridgehead atoms. The molecule has 0 amide bonds. The zero-order valence-corrected chi connectivity index (χ0v) is 11.1. The molecular formula is C13H8Cl2FN3. The Bertz CT molecular complexity index is 763. The number of nitrogens with two attached hydrogens (primary N) is 1. The Morgan fingerprint density at radius 3 is 2.68 bits per heavy atom. The molecule has 0 aliphatic rings. The van der Waals surface area contributed by atoms with E-state index in [1.165, 1.54) is 12.1 Å². The standard InChI is InChI=1S/C13H8Cl2FN3/c14-7-4-8(16)6-9(5-7)19-11-3-1-2-10(15)12(11)18-13(19)17/h1-6H,(H2,17,18). The molecular weight excluding hydrogens is 288 g/mol. The molecule has 3 rings (SSSR count). The van der Waals surface area contributed by atoms with Crippen LogP contribution in [0.5, 0.6) is 0 Å². The van der Waals surface area contributed by atoms with Crippen molar-refractivity contribution >= 4 is 40.2 Å². The van der Waals surface area contributed by atoms with E-state index in [1.54, 1.807) is 22.8 Å². The van der Waals surface area contributed by atoms with E-state index in [0.717, 1.165) is 0 Å². The summed E-state index contributed by atoms with van der Waals surface area (Å²) in [5.41, 5.74) is 7.66. The number of aromatic nitrogens is 2. The van der Waals surface area contributed by atoms with Crippen molar-refractivity contribution in [2.75, 3.05) is 5.73 Å². The number of para-hydroxylation sites is 1. The minimum absolute atomic E-state index is 0.227. The minimum Gasteiger partial charge on any atom is -0.369 e. The number of hydrogen-bond donors (Lipinski definition) is 1. The van der Waals surface area contributed by atoms with E-state index in [1.807, 2.05) is 6.07 Å². The number of nitrogens with zero attached hydrogens (tertiary/aromatic N) is 2. The predicted octanol–water partition coefficient (Wildman–Crippen LogP) is 4.05. The molecule has 0 fully saturated rings. The molecule has 2 aromatic carbocycles. The van der Waals surface area contributed by atoms with Crippen LogP contribution in [0.3, 0.4) is 0 Å². The van der Waals surface area contributed by atoms with Crippen LogP contribution in [0, 0.1) is 5.82 Å². The average molecular weight is 296 g/mol. The van der Waals surface area contributed by atoms with E-state index >= 15 is 0 Å². The molecule has 1 heterocycles. The number of halogens is 3. The van der Waals surface area contributed by atoms with Crippen LogP contribution in [-0.2, 0) is 0 Å². The van der Waals surface area contributed by atoms with E-state index in [4.69, 9.17) is 28.9 Å². The summed E-state index contributed by atoms with van der Waals surface area (Å²) in [6.45, 7) is 0. The largest absolute Gasteiger partial charge is 0.369 e. The summed E-state index contributed by atoms with van der Waals surface area (Å²) >= 11 is 11.9. The first-order valence-electron chi connectivity index (χ1n) is 5.45. The Labute approximate surface area is 118 Å². The highest BCUT2D eigenvalue weighted by atomic mass is 35.5. The summed E-state index contributed by atoms with van der Waals surface area (Å²) in [4.78, 5) is 4.19. The Morgan fingerprint density at radius 2 is 1.95 bits per heavy atom. The van der Waals surface area contributed by atoms with E-state index in [2.05, 4.69) is 4.98 Å². The van der Waals surface area contributed by atoms with Gasteiger partial charge >= 0.3 is 0 Å². The van der Waals surface area contributed by atoms with Crippen molar-refractivity contribution in [1.82, 2.24) is 9.55 Å². The number of fused-ring (bicyclic) bond motifs is 1.